The Morgan fingerprint density at radius 3 is 2.30 bits per heavy atom. The molecule has 106 valence electrons. The Hall–Kier alpha value is -1.59. The molecule has 0 fully saturated rings. The van der Waals surface area contributed by atoms with Gasteiger partial charge in [-0.3, -0.25) is 0 Å². The predicted octanol–water partition coefficient (Wildman–Crippen LogP) is 4.14. The molecular formula is C15H15F2NOS. The topological polar surface area (TPSA) is 35.2 Å². The maximum Gasteiger partial charge on any atom is 0.288 e. The van der Waals surface area contributed by atoms with Gasteiger partial charge in [0.2, 0.25) is 0 Å². The van der Waals surface area contributed by atoms with Crippen molar-refractivity contribution in [2.45, 2.75) is 17.2 Å². The third-order valence-electron chi connectivity index (χ3n) is 2.91. The number of methoxy groups -OCH3 is 1. The van der Waals surface area contributed by atoms with E-state index >= 15 is 0 Å². The van der Waals surface area contributed by atoms with E-state index in [1.54, 1.807) is 19.2 Å². The highest BCUT2D eigenvalue weighted by Gasteiger charge is 2.07. The van der Waals surface area contributed by atoms with Crippen LogP contribution in [0.25, 0.3) is 11.1 Å². The Labute approximate surface area is 120 Å². The molecule has 0 saturated heterocycles. The van der Waals surface area contributed by atoms with E-state index < -0.39 is 5.76 Å². The van der Waals surface area contributed by atoms with Crippen LogP contribution in [-0.4, -0.2) is 12.9 Å². The van der Waals surface area contributed by atoms with E-state index in [0.717, 1.165) is 22.4 Å². The van der Waals surface area contributed by atoms with Crippen molar-refractivity contribution in [3.63, 3.8) is 0 Å². The summed E-state index contributed by atoms with van der Waals surface area (Å²) >= 11 is 0.543. The van der Waals surface area contributed by atoms with Crippen LogP contribution in [0.4, 0.5) is 8.78 Å². The van der Waals surface area contributed by atoms with Crippen LogP contribution in [-0.2, 0) is 6.54 Å². The van der Waals surface area contributed by atoms with Crippen molar-refractivity contribution in [2.75, 3.05) is 7.11 Å². The molecule has 5 heteroatoms. The van der Waals surface area contributed by atoms with Crippen LogP contribution in [0.5, 0.6) is 5.75 Å². The highest BCUT2D eigenvalue weighted by Crippen LogP contribution is 2.30. The number of ether oxygens (including phenoxy) is 1. The highest BCUT2D eigenvalue weighted by atomic mass is 32.2. The fourth-order valence-electron chi connectivity index (χ4n) is 1.95. The van der Waals surface area contributed by atoms with Gasteiger partial charge >= 0.3 is 0 Å². The Morgan fingerprint density at radius 1 is 1.10 bits per heavy atom. The summed E-state index contributed by atoms with van der Waals surface area (Å²) in [5.74, 6) is -1.65. The Kier molecular flexibility index (Phi) is 4.98. The van der Waals surface area contributed by atoms with Gasteiger partial charge < -0.3 is 10.5 Å². The van der Waals surface area contributed by atoms with Gasteiger partial charge in [-0.2, -0.15) is 8.78 Å². The van der Waals surface area contributed by atoms with Gasteiger partial charge in [-0.05, 0) is 35.4 Å². The zero-order chi connectivity index (χ0) is 14.5. The van der Waals surface area contributed by atoms with E-state index in [2.05, 4.69) is 0 Å². The molecule has 0 bridgehead atoms. The molecule has 2 N–H and O–H groups in total. The standard InChI is InChI=1S/C15H15F2NOS/c1-19-14-7-4-11(8-12(14)9-18)10-2-5-13(6-3-10)20-15(16)17/h2-8,15H,9,18H2,1H3. The van der Waals surface area contributed by atoms with Crippen LogP contribution >= 0.6 is 11.8 Å². The molecule has 0 amide bonds. The van der Waals surface area contributed by atoms with E-state index in [-0.39, 0.29) is 0 Å². The number of halogens is 2. The van der Waals surface area contributed by atoms with Gasteiger partial charge in [-0.25, -0.2) is 0 Å². The number of hydrogen-bond donors (Lipinski definition) is 1. The molecule has 0 unspecified atom stereocenters. The molecule has 2 rings (SSSR count). The summed E-state index contributed by atoms with van der Waals surface area (Å²) in [6.07, 6.45) is 0. The second-order valence-corrected chi connectivity index (χ2v) is 5.20. The molecule has 0 spiro atoms. The summed E-state index contributed by atoms with van der Waals surface area (Å²) in [6.45, 7) is 0.385. The molecule has 0 aliphatic rings. The van der Waals surface area contributed by atoms with Gasteiger partial charge in [0.15, 0.2) is 0 Å². The normalized spacial score (nSPS) is 10.8. The van der Waals surface area contributed by atoms with Crippen LogP contribution in [0, 0.1) is 0 Å². The number of thioether (sulfide) groups is 1. The van der Waals surface area contributed by atoms with E-state index in [1.165, 1.54) is 0 Å². The lowest BCUT2D eigenvalue weighted by Crippen LogP contribution is -2.00. The van der Waals surface area contributed by atoms with Crippen molar-refractivity contribution in [3.05, 3.63) is 48.0 Å². The predicted molar refractivity (Wildman–Crippen MR) is 78.2 cm³/mol. The molecule has 0 aliphatic heterocycles. The monoisotopic (exact) mass is 295 g/mol. The second-order valence-electron chi connectivity index (χ2n) is 4.13. The fraction of sp³-hybridized carbons (Fsp3) is 0.200. The zero-order valence-electron chi connectivity index (χ0n) is 11.0. The molecule has 0 atom stereocenters. The Morgan fingerprint density at radius 2 is 1.75 bits per heavy atom. The van der Waals surface area contributed by atoms with Crippen LogP contribution in [0.1, 0.15) is 5.56 Å². The van der Waals surface area contributed by atoms with Gasteiger partial charge in [0.1, 0.15) is 5.75 Å². The molecule has 0 saturated carbocycles. The highest BCUT2D eigenvalue weighted by molar-refractivity contribution is 7.99. The summed E-state index contributed by atoms with van der Waals surface area (Å²) < 4.78 is 29.7. The van der Waals surface area contributed by atoms with E-state index in [1.807, 2.05) is 30.3 Å². The SMILES string of the molecule is COc1ccc(-c2ccc(SC(F)F)cc2)cc1CN. The molecular weight excluding hydrogens is 280 g/mol. The quantitative estimate of drug-likeness (QED) is 0.842. The van der Waals surface area contributed by atoms with Crippen LogP contribution in [0.3, 0.4) is 0 Å². The fourth-order valence-corrected chi connectivity index (χ4v) is 2.45. The zero-order valence-corrected chi connectivity index (χ0v) is 11.8. The molecule has 0 aromatic heterocycles. The summed E-state index contributed by atoms with van der Waals surface area (Å²) in [5, 5.41) is 0. The average molecular weight is 295 g/mol. The van der Waals surface area contributed by atoms with Crippen LogP contribution in [0.2, 0.25) is 0 Å². The minimum Gasteiger partial charge on any atom is -0.496 e. The average Bonchev–Trinajstić information content (AvgIpc) is 2.46. The summed E-state index contributed by atoms with van der Waals surface area (Å²) in [7, 11) is 1.60. The van der Waals surface area contributed by atoms with E-state index in [9.17, 15) is 8.78 Å². The number of alkyl halides is 2. The van der Waals surface area contributed by atoms with Gasteiger partial charge in [0, 0.05) is 17.0 Å². The van der Waals surface area contributed by atoms with Gasteiger partial charge in [-0.15, -0.1) is 0 Å². The molecule has 2 nitrogen and oxygen atoms in total. The van der Waals surface area contributed by atoms with Gasteiger partial charge in [0.25, 0.3) is 5.76 Å². The van der Waals surface area contributed by atoms with Crippen molar-refractivity contribution in [1.29, 1.82) is 0 Å². The molecule has 2 aromatic rings. The van der Waals surface area contributed by atoms with Crippen molar-refractivity contribution in [1.82, 2.24) is 0 Å². The summed E-state index contributed by atoms with van der Waals surface area (Å²) in [6, 6.07) is 12.8. The lowest BCUT2D eigenvalue weighted by atomic mass is 10.0. The molecule has 0 radical (unpaired) electrons. The number of nitrogens with two attached hydrogens (primary N) is 1. The van der Waals surface area contributed by atoms with Crippen LogP contribution < -0.4 is 10.5 Å². The van der Waals surface area contributed by atoms with Crippen molar-refractivity contribution in [3.8, 4) is 16.9 Å². The first-order chi connectivity index (χ1) is 9.63. The summed E-state index contributed by atoms with van der Waals surface area (Å²) in [4.78, 5) is 0.552. The first-order valence-corrected chi connectivity index (χ1v) is 6.94. The largest absolute Gasteiger partial charge is 0.496 e. The second kappa shape index (κ2) is 6.72. The molecule has 20 heavy (non-hydrogen) atoms. The smallest absolute Gasteiger partial charge is 0.288 e. The molecule has 0 aliphatic carbocycles. The first-order valence-electron chi connectivity index (χ1n) is 6.06. The molecule has 2 aromatic carbocycles. The van der Waals surface area contributed by atoms with E-state index in [0.29, 0.717) is 23.2 Å². The summed E-state index contributed by atoms with van der Waals surface area (Å²) in [5.41, 5.74) is 8.54. The lowest BCUT2D eigenvalue weighted by molar-refractivity contribution is 0.252. The van der Waals surface area contributed by atoms with Gasteiger partial charge in [-0.1, -0.05) is 30.0 Å². The maximum absolute atomic E-state index is 12.3. The van der Waals surface area contributed by atoms with Crippen LogP contribution in [0.15, 0.2) is 47.4 Å². The Bertz CT molecular complexity index is 573. The number of rotatable bonds is 5. The minimum absolute atomic E-state index is 0.385. The third-order valence-corrected chi connectivity index (χ3v) is 3.64. The lowest BCUT2D eigenvalue weighted by Gasteiger charge is -2.10. The van der Waals surface area contributed by atoms with E-state index in [4.69, 9.17) is 10.5 Å². The number of benzene rings is 2. The van der Waals surface area contributed by atoms with Crippen molar-refractivity contribution < 1.29 is 13.5 Å². The molecule has 0 heterocycles. The van der Waals surface area contributed by atoms with Gasteiger partial charge in [0.05, 0.1) is 7.11 Å². The first kappa shape index (κ1) is 14.8. The number of hydrogen-bond acceptors (Lipinski definition) is 3. The third kappa shape index (κ3) is 3.49. The van der Waals surface area contributed by atoms with Crippen molar-refractivity contribution in [2.24, 2.45) is 5.73 Å². The minimum atomic E-state index is -2.40. The Balaban J connectivity index is 2.27. The van der Waals surface area contributed by atoms with Crippen molar-refractivity contribution >= 4 is 11.8 Å². The maximum atomic E-state index is 12.3.